The van der Waals surface area contributed by atoms with E-state index >= 15 is 0 Å². The fraction of sp³-hybridized carbons (Fsp3) is 0.417. The molecule has 0 saturated heterocycles. The third kappa shape index (κ3) is 3.72. The molecule has 0 aromatic heterocycles. The third-order valence-electron chi connectivity index (χ3n) is 2.48. The average molecular weight is 206 g/mol. The first-order chi connectivity index (χ1) is 7.30. The van der Waals surface area contributed by atoms with E-state index in [1.807, 2.05) is 24.3 Å². The second-order valence-electron chi connectivity index (χ2n) is 3.42. The summed E-state index contributed by atoms with van der Waals surface area (Å²) < 4.78 is 0. The molecule has 3 nitrogen and oxygen atoms in total. The fourth-order valence-corrected chi connectivity index (χ4v) is 1.48. The topological polar surface area (TPSA) is 32.3 Å². The van der Waals surface area contributed by atoms with Crippen molar-refractivity contribution in [3.63, 3.8) is 0 Å². The Kier molecular flexibility index (Phi) is 4.84. The quantitative estimate of drug-likeness (QED) is 0.723. The third-order valence-corrected chi connectivity index (χ3v) is 2.48. The van der Waals surface area contributed by atoms with Crippen LogP contribution in [0, 0.1) is 0 Å². The van der Waals surface area contributed by atoms with Crippen LogP contribution in [-0.2, 0) is 11.3 Å². The van der Waals surface area contributed by atoms with Gasteiger partial charge in [-0.15, -0.1) is 0 Å². The Morgan fingerprint density at radius 3 is 2.27 bits per heavy atom. The van der Waals surface area contributed by atoms with Gasteiger partial charge in [-0.05, 0) is 30.8 Å². The van der Waals surface area contributed by atoms with Gasteiger partial charge < -0.3 is 5.32 Å². The van der Waals surface area contributed by atoms with Gasteiger partial charge in [0, 0.05) is 12.2 Å². The minimum absolute atomic E-state index is 0.694. The molecule has 0 fully saturated rings. The van der Waals surface area contributed by atoms with Crippen LogP contribution < -0.4 is 5.32 Å². The van der Waals surface area contributed by atoms with Crippen LogP contribution >= 0.6 is 0 Å². The predicted octanol–water partition coefficient (Wildman–Crippen LogP) is 2.10. The molecule has 0 aliphatic carbocycles. The summed E-state index contributed by atoms with van der Waals surface area (Å²) in [4.78, 5) is 12.6. The van der Waals surface area contributed by atoms with Gasteiger partial charge in [0.15, 0.2) is 0 Å². The number of anilines is 1. The lowest BCUT2D eigenvalue weighted by atomic mass is 10.2. The number of benzene rings is 1. The number of carbonyl (C=O) groups is 1. The molecule has 0 aliphatic rings. The van der Waals surface area contributed by atoms with Gasteiger partial charge in [0.1, 0.15) is 0 Å². The molecule has 0 saturated carbocycles. The molecule has 15 heavy (non-hydrogen) atoms. The largest absolute Gasteiger partial charge is 0.329 e. The Balaban J connectivity index is 2.59. The second-order valence-corrected chi connectivity index (χ2v) is 3.42. The Bertz CT molecular complexity index is 291. The lowest BCUT2D eigenvalue weighted by Crippen LogP contribution is -2.21. The van der Waals surface area contributed by atoms with Gasteiger partial charge in [-0.25, -0.2) is 0 Å². The highest BCUT2D eigenvalue weighted by atomic mass is 16.1. The lowest BCUT2D eigenvalue weighted by molar-refractivity contribution is -0.105. The lowest BCUT2D eigenvalue weighted by Gasteiger charge is -2.17. The molecule has 1 amide bonds. The standard InChI is InChI=1S/C12H18N2O/c1-3-14(4-2)9-11-5-7-12(8-6-11)13-10-15/h5-8,10H,3-4,9H2,1-2H3,(H,13,15). The summed E-state index contributed by atoms with van der Waals surface area (Å²) in [6.07, 6.45) is 0.694. The van der Waals surface area contributed by atoms with E-state index < -0.39 is 0 Å². The van der Waals surface area contributed by atoms with Crippen molar-refractivity contribution >= 4 is 12.1 Å². The summed E-state index contributed by atoms with van der Waals surface area (Å²) in [6.45, 7) is 7.40. The SMILES string of the molecule is CCN(CC)Cc1ccc(NC=O)cc1. The van der Waals surface area contributed by atoms with Crippen LogP contribution in [0.5, 0.6) is 0 Å². The predicted molar refractivity (Wildman–Crippen MR) is 62.8 cm³/mol. The molecule has 0 aliphatic heterocycles. The zero-order chi connectivity index (χ0) is 11.1. The Morgan fingerprint density at radius 2 is 1.80 bits per heavy atom. The first-order valence-electron chi connectivity index (χ1n) is 5.31. The van der Waals surface area contributed by atoms with Crippen molar-refractivity contribution in [3.05, 3.63) is 29.8 Å². The highest BCUT2D eigenvalue weighted by Crippen LogP contribution is 2.10. The number of nitrogens with one attached hydrogen (secondary N) is 1. The fourth-order valence-electron chi connectivity index (χ4n) is 1.48. The van der Waals surface area contributed by atoms with Crippen LogP contribution in [0.1, 0.15) is 19.4 Å². The van der Waals surface area contributed by atoms with E-state index in [1.165, 1.54) is 5.56 Å². The molecule has 1 rings (SSSR count). The van der Waals surface area contributed by atoms with Crippen LogP contribution in [0.2, 0.25) is 0 Å². The monoisotopic (exact) mass is 206 g/mol. The highest BCUT2D eigenvalue weighted by Gasteiger charge is 2.00. The van der Waals surface area contributed by atoms with E-state index in [2.05, 4.69) is 24.1 Å². The summed E-state index contributed by atoms with van der Waals surface area (Å²) in [5.74, 6) is 0. The molecule has 82 valence electrons. The van der Waals surface area contributed by atoms with E-state index in [0.717, 1.165) is 25.3 Å². The molecule has 0 unspecified atom stereocenters. The van der Waals surface area contributed by atoms with Crippen molar-refractivity contribution in [2.75, 3.05) is 18.4 Å². The zero-order valence-electron chi connectivity index (χ0n) is 9.36. The molecule has 0 bridgehead atoms. The van der Waals surface area contributed by atoms with Crippen molar-refractivity contribution < 1.29 is 4.79 Å². The Hall–Kier alpha value is -1.35. The number of amides is 1. The number of carbonyl (C=O) groups excluding carboxylic acids is 1. The summed E-state index contributed by atoms with van der Waals surface area (Å²) in [5, 5.41) is 2.62. The molecule has 0 radical (unpaired) electrons. The molecule has 0 heterocycles. The summed E-state index contributed by atoms with van der Waals surface area (Å²) in [6, 6.07) is 7.94. The van der Waals surface area contributed by atoms with Crippen LogP contribution in [0.4, 0.5) is 5.69 Å². The van der Waals surface area contributed by atoms with Gasteiger partial charge >= 0.3 is 0 Å². The van der Waals surface area contributed by atoms with E-state index in [4.69, 9.17) is 0 Å². The van der Waals surface area contributed by atoms with Crippen molar-refractivity contribution in [3.8, 4) is 0 Å². The molecule has 1 aromatic carbocycles. The average Bonchev–Trinajstić information content (AvgIpc) is 2.28. The van der Waals surface area contributed by atoms with Gasteiger partial charge in [0.05, 0.1) is 0 Å². The second kappa shape index (κ2) is 6.19. The van der Waals surface area contributed by atoms with Crippen molar-refractivity contribution in [2.45, 2.75) is 20.4 Å². The Morgan fingerprint density at radius 1 is 1.20 bits per heavy atom. The maximum atomic E-state index is 10.2. The smallest absolute Gasteiger partial charge is 0.211 e. The van der Waals surface area contributed by atoms with Crippen molar-refractivity contribution in [1.29, 1.82) is 0 Å². The molecule has 0 atom stereocenters. The van der Waals surface area contributed by atoms with Gasteiger partial charge in [0.2, 0.25) is 6.41 Å². The van der Waals surface area contributed by atoms with Crippen molar-refractivity contribution in [1.82, 2.24) is 4.90 Å². The van der Waals surface area contributed by atoms with Gasteiger partial charge in [-0.2, -0.15) is 0 Å². The van der Waals surface area contributed by atoms with Crippen LogP contribution in [0.25, 0.3) is 0 Å². The van der Waals surface area contributed by atoms with E-state index in [0.29, 0.717) is 6.41 Å². The molecular weight excluding hydrogens is 188 g/mol. The van der Waals surface area contributed by atoms with E-state index in [9.17, 15) is 4.79 Å². The summed E-state index contributed by atoms with van der Waals surface area (Å²) in [5.41, 5.74) is 2.11. The Labute approximate surface area is 91.1 Å². The maximum absolute atomic E-state index is 10.2. The van der Waals surface area contributed by atoms with Crippen LogP contribution in [-0.4, -0.2) is 24.4 Å². The van der Waals surface area contributed by atoms with Gasteiger partial charge in [-0.1, -0.05) is 26.0 Å². The van der Waals surface area contributed by atoms with Crippen molar-refractivity contribution in [2.24, 2.45) is 0 Å². The molecule has 3 heteroatoms. The molecule has 0 spiro atoms. The number of nitrogens with zero attached hydrogens (tertiary/aromatic N) is 1. The molecule has 1 N–H and O–H groups in total. The highest BCUT2D eigenvalue weighted by molar-refractivity contribution is 5.70. The zero-order valence-corrected chi connectivity index (χ0v) is 9.36. The normalized spacial score (nSPS) is 10.3. The summed E-state index contributed by atoms with van der Waals surface area (Å²) >= 11 is 0. The minimum Gasteiger partial charge on any atom is -0.329 e. The first kappa shape index (κ1) is 11.7. The van der Waals surface area contributed by atoms with Crippen LogP contribution in [0.15, 0.2) is 24.3 Å². The van der Waals surface area contributed by atoms with E-state index in [1.54, 1.807) is 0 Å². The number of hydrogen-bond acceptors (Lipinski definition) is 2. The number of hydrogen-bond donors (Lipinski definition) is 1. The number of rotatable bonds is 6. The van der Waals surface area contributed by atoms with E-state index in [-0.39, 0.29) is 0 Å². The maximum Gasteiger partial charge on any atom is 0.211 e. The molecular formula is C12H18N2O. The van der Waals surface area contributed by atoms with Gasteiger partial charge in [-0.3, -0.25) is 9.69 Å². The minimum atomic E-state index is 0.694. The van der Waals surface area contributed by atoms with Crippen LogP contribution in [0.3, 0.4) is 0 Å². The van der Waals surface area contributed by atoms with Gasteiger partial charge in [0.25, 0.3) is 0 Å². The summed E-state index contributed by atoms with van der Waals surface area (Å²) in [7, 11) is 0. The molecule has 1 aromatic rings. The first-order valence-corrected chi connectivity index (χ1v) is 5.31.